The van der Waals surface area contributed by atoms with Crippen LogP contribution in [0.25, 0.3) is 10.8 Å². The molecule has 0 spiro atoms. The third kappa shape index (κ3) is 6.52. The first-order valence-electron chi connectivity index (χ1n) is 15.9. The van der Waals surface area contributed by atoms with Gasteiger partial charge in [0.15, 0.2) is 0 Å². The quantitative estimate of drug-likeness (QED) is 0.192. The molecule has 0 saturated heterocycles. The summed E-state index contributed by atoms with van der Waals surface area (Å²) in [5.74, 6) is 0.639. The maximum Gasteiger partial charge on any atom is 0.315 e. The van der Waals surface area contributed by atoms with Crippen LogP contribution in [-0.4, -0.2) is 48.9 Å². The molecule has 47 heavy (non-hydrogen) atoms. The SMILES string of the molecule is COc1cccc(C(C)N(C(N)=O)[C@@H]2C[C@@H](NC(=O)c3cccnc3)c3cc(S(=O)(=O)NCC(C)C)c4cc(C5CC5)ncc4c32)c1. The molecule has 2 heterocycles. The second-order valence-electron chi connectivity index (χ2n) is 12.8. The Bertz CT molecular complexity index is 1930. The lowest BCUT2D eigenvalue weighted by Crippen LogP contribution is -2.40. The van der Waals surface area contributed by atoms with Crippen LogP contribution in [0.2, 0.25) is 0 Å². The number of primary amides is 1. The molecule has 11 nitrogen and oxygen atoms in total. The number of nitrogens with two attached hydrogens (primary N) is 1. The van der Waals surface area contributed by atoms with Gasteiger partial charge in [0, 0.05) is 47.5 Å². The fourth-order valence-electron chi connectivity index (χ4n) is 6.45. The third-order valence-electron chi connectivity index (χ3n) is 9.03. The number of methoxy groups -OCH3 is 1. The molecule has 0 radical (unpaired) electrons. The fraction of sp³-hybridized carbons (Fsp3) is 0.371. The number of carbonyl (C=O) groups is 2. The number of hydrogen-bond acceptors (Lipinski definition) is 7. The zero-order valence-electron chi connectivity index (χ0n) is 26.9. The number of benzene rings is 2. The second kappa shape index (κ2) is 12.9. The summed E-state index contributed by atoms with van der Waals surface area (Å²) in [6, 6.07) is 11.9. The van der Waals surface area contributed by atoms with Crippen molar-refractivity contribution >= 4 is 32.7 Å². The number of nitrogens with one attached hydrogen (secondary N) is 2. The monoisotopic (exact) mass is 656 g/mol. The van der Waals surface area contributed by atoms with Gasteiger partial charge in [-0.25, -0.2) is 17.9 Å². The van der Waals surface area contributed by atoms with E-state index in [1.165, 1.54) is 6.20 Å². The maximum absolute atomic E-state index is 14.0. The van der Waals surface area contributed by atoms with Gasteiger partial charge in [-0.05, 0) is 85.2 Å². The number of pyridine rings is 2. The standard InChI is InChI=1S/C35H40N6O5S/c1-20(2)17-39-47(44,45)32-15-27-30(40-34(42)24-8-6-12-37-18-24)16-31(33(27)28-19-38-29(14-26(28)32)22-10-11-22)41(35(36)43)21(3)23-7-5-9-25(13-23)46-4/h5-9,12-15,18-22,30-31,39H,10-11,16-17H2,1-4H3,(H2,36,43)(H,40,42)/t21?,30-,31-/m1/s1. The van der Waals surface area contributed by atoms with Gasteiger partial charge < -0.3 is 20.7 Å². The van der Waals surface area contributed by atoms with Gasteiger partial charge in [0.1, 0.15) is 5.75 Å². The largest absolute Gasteiger partial charge is 0.497 e. The molecule has 3 amide bonds. The van der Waals surface area contributed by atoms with E-state index in [-0.39, 0.29) is 35.6 Å². The molecular formula is C35H40N6O5S. The number of ether oxygens (including phenoxy) is 1. The van der Waals surface area contributed by atoms with Crippen LogP contribution in [0, 0.1) is 5.92 Å². The summed E-state index contributed by atoms with van der Waals surface area (Å²) in [6.45, 7) is 6.03. The molecule has 4 N–H and O–H groups in total. The molecule has 4 aromatic rings. The minimum absolute atomic E-state index is 0.0901. The number of urea groups is 1. The van der Waals surface area contributed by atoms with Crippen LogP contribution in [0.15, 0.2) is 72.0 Å². The van der Waals surface area contributed by atoms with Crippen LogP contribution in [0.4, 0.5) is 4.79 Å². The van der Waals surface area contributed by atoms with Crippen molar-refractivity contribution in [2.24, 2.45) is 11.7 Å². The molecule has 0 aliphatic heterocycles. The first kappa shape index (κ1) is 32.4. The average Bonchev–Trinajstić information content (AvgIpc) is 3.86. The molecule has 1 saturated carbocycles. The number of aromatic nitrogens is 2. The van der Waals surface area contributed by atoms with Gasteiger partial charge >= 0.3 is 6.03 Å². The van der Waals surface area contributed by atoms with Crippen LogP contribution in [0.5, 0.6) is 5.75 Å². The molecule has 6 rings (SSSR count). The Labute approximate surface area is 275 Å². The normalized spacial score (nSPS) is 18.1. The highest BCUT2D eigenvalue weighted by Gasteiger charge is 2.42. The maximum atomic E-state index is 14.0. The number of hydrogen-bond donors (Lipinski definition) is 3. The van der Waals surface area contributed by atoms with Crippen molar-refractivity contribution in [3.8, 4) is 5.75 Å². The van der Waals surface area contributed by atoms with E-state index in [9.17, 15) is 18.0 Å². The summed E-state index contributed by atoms with van der Waals surface area (Å²) >= 11 is 0. The lowest BCUT2D eigenvalue weighted by atomic mass is 9.96. The Morgan fingerprint density at radius 3 is 2.51 bits per heavy atom. The number of rotatable bonds is 11. The molecule has 1 unspecified atom stereocenters. The van der Waals surface area contributed by atoms with Gasteiger partial charge in [0.2, 0.25) is 10.0 Å². The fourth-order valence-corrected chi connectivity index (χ4v) is 7.90. The number of fused-ring (bicyclic) bond motifs is 3. The molecule has 2 aliphatic carbocycles. The summed E-state index contributed by atoms with van der Waals surface area (Å²) in [4.78, 5) is 37.4. The van der Waals surface area contributed by atoms with E-state index in [1.807, 2.05) is 51.1 Å². The molecule has 12 heteroatoms. The highest BCUT2D eigenvalue weighted by atomic mass is 32.2. The van der Waals surface area contributed by atoms with Crippen molar-refractivity contribution < 1.29 is 22.7 Å². The van der Waals surface area contributed by atoms with E-state index in [4.69, 9.17) is 15.5 Å². The Hall–Kier alpha value is -4.55. The van der Waals surface area contributed by atoms with Crippen molar-refractivity contribution in [1.82, 2.24) is 24.9 Å². The van der Waals surface area contributed by atoms with Crippen molar-refractivity contribution in [3.05, 3.63) is 95.1 Å². The van der Waals surface area contributed by atoms with Gasteiger partial charge in [-0.1, -0.05) is 26.0 Å². The molecule has 3 atom stereocenters. The van der Waals surface area contributed by atoms with Crippen LogP contribution >= 0.6 is 0 Å². The van der Waals surface area contributed by atoms with Crippen molar-refractivity contribution in [3.63, 3.8) is 0 Å². The van der Waals surface area contributed by atoms with Crippen LogP contribution < -0.4 is 20.5 Å². The van der Waals surface area contributed by atoms with Crippen LogP contribution in [0.3, 0.4) is 0 Å². The zero-order valence-corrected chi connectivity index (χ0v) is 27.8. The summed E-state index contributed by atoms with van der Waals surface area (Å²) in [5.41, 5.74) is 9.45. The Kier molecular flexibility index (Phi) is 8.91. The van der Waals surface area contributed by atoms with Gasteiger partial charge in [0.05, 0.1) is 35.7 Å². The van der Waals surface area contributed by atoms with Gasteiger partial charge in [-0.15, -0.1) is 0 Å². The van der Waals surface area contributed by atoms with E-state index in [2.05, 4.69) is 15.0 Å². The van der Waals surface area contributed by atoms with Gasteiger partial charge in [-0.2, -0.15) is 0 Å². The predicted molar refractivity (Wildman–Crippen MR) is 178 cm³/mol. The molecule has 0 bridgehead atoms. The van der Waals surface area contributed by atoms with E-state index in [0.717, 1.165) is 24.1 Å². The Morgan fingerprint density at radius 2 is 1.85 bits per heavy atom. The number of nitrogens with zero attached hydrogens (tertiary/aromatic N) is 3. The number of carbonyl (C=O) groups excluding carboxylic acids is 2. The zero-order chi connectivity index (χ0) is 33.5. The summed E-state index contributed by atoms with van der Waals surface area (Å²) in [6.07, 6.45) is 7.03. The van der Waals surface area contributed by atoms with E-state index in [1.54, 1.807) is 42.6 Å². The molecule has 2 aromatic carbocycles. The lowest BCUT2D eigenvalue weighted by molar-refractivity contribution is 0.0929. The van der Waals surface area contributed by atoms with Crippen LogP contribution in [0.1, 0.15) is 96.8 Å². The summed E-state index contributed by atoms with van der Waals surface area (Å²) in [7, 11) is -2.39. The molecule has 1 fully saturated rings. The van der Waals surface area contributed by atoms with Crippen molar-refractivity contribution in [1.29, 1.82) is 0 Å². The number of sulfonamides is 1. The molecular weight excluding hydrogens is 616 g/mol. The Balaban J connectivity index is 1.55. The highest BCUT2D eigenvalue weighted by Crippen LogP contribution is 2.50. The Morgan fingerprint density at radius 1 is 1.06 bits per heavy atom. The lowest BCUT2D eigenvalue weighted by Gasteiger charge is -2.34. The topological polar surface area (TPSA) is 157 Å². The van der Waals surface area contributed by atoms with Crippen molar-refractivity contribution in [2.75, 3.05) is 13.7 Å². The smallest absolute Gasteiger partial charge is 0.315 e. The first-order chi connectivity index (χ1) is 22.5. The van der Waals surface area contributed by atoms with Gasteiger partial charge in [-0.3, -0.25) is 14.8 Å². The first-order valence-corrected chi connectivity index (χ1v) is 17.4. The predicted octanol–water partition coefficient (Wildman–Crippen LogP) is 5.51. The highest BCUT2D eigenvalue weighted by molar-refractivity contribution is 7.89. The van der Waals surface area contributed by atoms with Crippen molar-refractivity contribution in [2.45, 2.75) is 69.0 Å². The van der Waals surface area contributed by atoms with E-state index in [0.29, 0.717) is 33.2 Å². The second-order valence-corrected chi connectivity index (χ2v) is 14.5. The average molecular weight is 657 g/mol. The third-order valence-corrected chi connectivity index (χ3v) is 10.5. The molecule has 246 valence electrons. The van der Waals surface area contributed by atoms with Gasteiger partial charge in [0.25, 0.3) is 5.91 Å². The van der Waals surface area contributed by atoms with E-state index >= 15 is 0 Å². The number of amides is 3. The molecule has 2 aliphatic rings. The van der Waals surface area contributed by atoms with E-state index < -0.39 is 34.2 Å². The summed E-state index contributed by atoms with van der Waals surface area (Å²) in [5, 5.41) is 4.22. The molecule has 2 aromatic heterocycles. The minimum atomic E-state index is -3.97. The summed E-state index contributed by atoms with van der Waals surface area (Å²) < 4.78 is 36.1. The minimum Gasteiger partial charge on any atom is -0.497 e. The van der Waals surface area contributed by atoms with Crippen LogP contribution in [-0.2, 0) is 10.0 Å².